The number of para-hydroxylation sites is 2. The quantitative estimate of drug-likeness (QED) is 0.241. The summed E-state index contributed by atoms with van der Waals surface area (Å²) < 4.78 is 31.7. The Hall–Kier alpha value is -4.85. The zero-order valence-electron chi connectivity index (χ0n) is 22.3. The van der Waals surface area contributed by atoms with Crippen molar-refractivity contribution in [1.82, 2.24) is 24.0 Å². The van der Waals surface area contributed by atoms with Crippen LogP contribution in [0.3, 0.4) is 0 Å². The summed E-state index contributed by atoms with van der Waals surface area (Å²) in [7, 11) is 0. The third kappa shape index (κ3) is 4.75. The molecule has 3 aromatic carbocycles. The number of rotatable bonds is 5. The number of imidazole rings is 1. The number of amides is 1. The van der Waals surface area contributed by atoms with Gasteiger partial charge in [-0.3, -0.25) is 9.78 Å². The third-order valence-electron chi connectivity index (χ3n) is 7.97. The molecule has 8 heteroatoms. The van der Waals surface area contributed by atoms with E-state index in [4.69, 9.17) is 4.98 Å². The molecule has 0 saturated carbocycles. The van der Waals surface area contributed by atoms with Crippen LogP contribution in [0.25, 0.3) is 27.6 Å². The average Bonchev–Trinajstić information content (AvgIpc) is 3.58. The minimum absolute atomic E-state index is 0.00112. The molecule has 7 rings (SSSR count). The maximum Gasteiger partial charge on any atom is 0.253 e. The normalized spacial score (nSPS) is 14.2. The summed E-state index contributed by atoms with van der Waals surface area (Å²) in [6.45, 7) is 1.79. The molecule has 4 heterocycles. The molecule has 204 valence electrons. The highest BCUT2D eigenvalue weighted by atomic mass is 19.1. The van der Waals surface area contributed by atoms with E-state index in [9.17, 15) is 13.6 Å². The number of carbonyl (C=O) groups excluding carboxylic acids is 1. The molecule has 0 aliphatic carbocycles. The minimum atomic E-state index is -0.399. The van der Waals surface area contributed by atoms with Crippen molar-refractivity contribution in [3.8, 4) is 5.69 Å². The monoisotopic (exact) mass is 547 g/mol. The number of hydrogen-bond donors (Lipinski definition) is 0. The largest absolute Gasteiger partial charge is 0.339 e. The van der Waals surface area contributed by atoms with Gasteiger partial charge in [0, 0.05) is 48.8 Å². The highest BCUT2D eigenvalue weighted by Crippen LogP contribution is 2.32. The van der Waals surface area contributed by atoms with Gasteiger partial charge in [-0.05, 0) is 66.9 Å². The molecule has 0 radical (unpaired) electrons. The first-order chi connectivity index (χ1) is 20.0. The molecule has 6 nitrogen and oxygen atoms in total. The fourth-order valence-electron chi connectivity index (χ4n) is 5.95. The lowest BCUT2D eigenvalue weighted by molar-refractivity contribution is 0.0710. The van der Waals surface area contributed by atoms with E-state index in [0.717, 1.165) is 46.2 Å². The Morgan fingerprint density at radius 1 is 0.854 bits per heavy atom. The first-order valence-electron chi connectivity index (χ1n) is 13.7. The zero-order valence-corrected chi connectivity index (χ0v) is 22.3. The Kier molecular flexibility index (Phi) is 6.30. The molecule has 41 heavy (non-hydrogen) atoms. The molecule has 1 aliphatic heterocycles. The second kappa shape index (κ2) is 10.3. The van der Waals surface area contributed by atoms with E-state index in [1.807, 2.05) is 64.2 Å². The van der Waals surface area contributed by atoms with E-state index in [1.165, 1.54) is 18.3 Å². The van der Waals surface area contributed by atoms with Crippen LogP contribution in [0.2, 0.25) is 0 Å². The fourth-order valence-corrected chi connectivity index (χ4v) is 5.95. The number of likely N-dealkylation sites (tertiary alicyclic amines) is 1. The van der Waals surface area contributed by atoms with Gasteiger partial charge in [-0.2, -0.15) is 0 Å². The number of benzene rings is 3. The van der Waals surface area contributed by atoms with Gasteiger partial charge in [0.15, 0.2) is 0 Å². The van der Waals surface area contributed by atoms with Crippen molar-refractivity contribution >= 4 is 27.8 Å². The Bertz CT molecular complexity index is 1900. The Labute approximate surface area is 235 Å². The van der Waals surface area contributed by atoms with Crippen LogP contribution in [-0.2, 0) is 6.54 Å². The van der Waals surface area contributed by atoms with Crippen LogP contribution in [0.5, 0.6) is 0 Å². The van der Waals surface area contributed by atoms with Crippen LogP contribution in [0, 0.1) is 11.6 Å². The molecular formula is C33H27F2N5O. The van der Waals surface area contributed by atoms with Crippen LogP contribution >= 0.6 is 0 Å². The van der Waals surface area contributed by atoms with Gasteiger partial charge in [-0.1, -0.05) is 24.3 Å². The fraction of sp³-hybridized carbons (Fsp3) is 0.182. The SMILES string of the molecule is O=C(c1ccc2c(ccn2-c2cncc(F)c2)c1)N1CCC(c2nc3ccccc3n2Cc2cccc(F)c2)CC1. The topological polar surface area (TPSA) is 56.0 Å². The molecule has 6 aromatic rings. The number of halogens is 2. The van der Waals surface area contributed by atoms with Crippen LogP contribution in [0.4, 0.5) is 8.78 Å². The summed E-state index contributed by atoms with van der Waals surface area (Å²) in [6.07, 6.45) is 6.23. The lowest BCUT2D eigenvalue weighted by atomic mass is 9.95. The second-order valence-electron chi connectivity index (χ2n) is 10.6. The van der Waals surface area contributed by atoms with Crippen molar-refractivity contribution in [1.29, 1.82) is 0 Å². The van der Waals surface area contributed by atoms with Crippen LogP contribution < -0.4 is 0 Å². The Morgan fingerprint density at radius 2 is 1.71 bits per heavy atom. The van der Waals surface area contributed by atoms with Crippen LogP contribution in [-0.4, -0.2) is 43.0 Å². The van der Waals surface area contributed by atoms with E-state index < -0.39 is 5.82 Å². The van der Waals surface area contributed by atoms with E-state index in [1.54, 1.807) is 18.3 Å². The number of pyridine rings is 1. The molecule has 0 bridgehead atoms. The molecule has 1 amide bonds. The predicted molar refractivity (Wildman–Crippen MR) is 154 cm³/mol. The molecule has 1 aliphatic rings. The average molecular weight is 548 g/mol. The van der Waals surface area contributed by atoms with Gasteiger partial charge < -0.3 is 14.0 Å². The van der Waals surface area contributed by atoms with E-state index >= 15 is 0 Å². The summed E-state index contributed by atoms with van der Waals surface area (Å²) >= 11 is 0. The number of fused-ring (bicyclic) bond motifs is 2. The number of piperidine rings is 1. The van der Waals surface area contributed by atoms with Crippen molar-refractivity contribution in [2.24, 2.45) is 0 Å². The van der Waals surface area contributed by atoms with Crippen molar-refractivity contribution in [3.05, 3.63) is 126 Å². The van der Waals surface area contributed by atoms with Crippen molar-refractivity contribution in [2.75, 3.05) is 13.1 Å². The number of nitrogens with zero attached hydrogens (tertiary/aromatic N) is 5. The Morgan fingerprint density at radius 3 is 2.54 bits per heavy atom. The highest BCUT2D eigenvalue weighted by molar-refractivity contribution is 5.98. The van der Waals surface area contributed by atoms with E-state index in [0.29, 0.717) is 30.9 Å². The molecule has 1 saturated heterocycles. The van der Waals surface area contributed by atoms with Gasteiger partial charge in [0.05, 0.1) is 34.6 Å². The van der Waals surface area contributed by atoms with Gasteiger partial charge in [-0.15, -0.1) is 0 Å². The summed E-state index contributed by atoms with van der Waals surface area (Å²) in [4.78, 5) is 24.3. The standard InChI is InChI=1S/C33H27F2N5O/c34-26-5-3-4-22(16-26)21-40-31-7-2-1-6-29(31)37-32(40)23-10-13-38(14-11-23)33(41)25-8-9-30-24(17-25)12-15-39(30)28-18-27(35)19-36-20-28/h1-9,12,15-20,23H,10-11,13-14,21H2. The minimum Gasteiger partial charge on any atom is -0.339 e. The lowest BCUT2D eigenvalue weighted by Crippen LogP contribution is -2.38. The number of carbonyl (C=O) groups is 1. The van der Waals surface area contributed by atoms with Crippen molar-refractivity contribution in [2.45, 2.75) is 25.3 Å². The van der Waals surface area contributed by atoms with Gasteiger partial charge in [-0.25, -0.2) is 13.8 Å². The van der Waals surface area contributed by atoms with Gasteiger partial charge in [0.1, 0.15) is 17.5 Å². The van der Waals surface area contributed by atoms with Gasteiger partial charge in [0.25, 0.3) is 5.91 Å². The number of aromatic nitrogens is 4. The van der Waals surface area contributed by atoms with Crippen LogP contribution in [0.1, 0.15) is 40.5 Å². The molecule has 1 fully saturated rings. The summed E-state index contributed by atoms with van der Waals surface area (Å²) in [6, 6.07) is 23.7. The Balaban J connectivity index is 1.10. The molecule has 0 unspecified atom stereocenters. The van der Waals surface area contributed by atoms with Crippen molar-refractivity contribution < 1.29 is 13.6 Å². The maximum absolute atomic E-state index is 13.9. The van der Waals surface area contributed by atoms with Crippen molar-refractivity contribution in [3.63, 3.8) is 0 Å². The molecule has 0 N–H and O–H groups in total. The first kappa shape index (κ1) is 25.1. The second-order valence-corrected chi connectivity index (χ2v) is 10.6. The summed E-state index contributed by atoms with van der Waals surface area (Å²) in [5.74, 6) is 0.525. The van der Waals surface area contributed by atoms with Gasteiger partial charge in [0.2, 0.25) is 0 Å². The summed E-state index contributed by atoms with van der Waals surface area (Å²) in [5, 5.41) is 0.904. The predicted octanol–water partition coefficient (Wildman–Crippen LogP) is 6.72. The smallest absolute Gasteiger partial charge is 0.253 e. The molecular weight excluding hydrogens is 520 g/mol. The lowest BCUT2D eigenvalue weighted by Gasteiger charge is -2.32. The highest BCUT2D eigenvalue weighted by Gasteiger charge is 2.28. The molecule has 0 spiro atoms. The van der Waals surface area contributed by atoms with Gasteiger partial charge >= 0.3 is 0 Å². The maximum atomic E-state index is 13.9. The van der Waals surface area contributed by atoms with Crippen LogP contribution in [0.15, 0.2) is 97.5 Å². The molecule has 3 aromatic heterocycles. The first-order valence-corrected chi connectivity index (χ1v) is 13.7. The number of hydrogen-bond acceptors (Lipinski definition) is 3. The third-order valence-corrected chi connectivity index (χ3v) is 7.97. The summed E-state index contributed by atoms with van der Waals surface area (Å²) in [5.41, 5.74) is 4.98. The van der Waals surface area contributed by atoms with E-state index in [-0.39, 0.29) is 17.6 Å². The molecule has 0 atom stereocenters. The zero-order chi connectivity index (χ0) is 27.9. The van der Waals surface area contributed by atoms with E-state index in [2.05, 4.69) is 15.6 Å².